The van der Waals surface area contributed by atoms with Crippen molar-refractivity contribution in [2.45, 2.75) is 32.7 Å². The molecule has 86 valence electrons. The van der Waals surface area contributed by atoms with Gasteiger partial charge in [-0.2, -0.15) is 5.10 Å². The highest BCUT2D eigenvalue weighted by Gasteiger charge is 2.30. The van der Waals surface area contributed by atoms with Crippen molar-refractivity contribution in [3.05, 3.63) is 18.0 Å². The summed E-state index contributed by atoms with van der Waals surface area (Å²) in [5, 5.41) is 7.65. The normalized spacial score (nSPS) is 18.0. The molecule has 0 bridgehead atoms. The second-order valence-electron chi connectivity index (χ2n) is 4.79. The smallest absolute Gasteiger partial charge is 0.0534 e. The van der Waals surface area contributed by atoms with Crippen molar-refractivity contribution in [1.82, 2.24) is 15.1 Å². The summed E-state index contributed by atoms with van der Waals surface area (Å²) < 4.78 is 1.85. The molecule has 15 heavy (non-hydrogen) atoms. The van der Waals surface area contributed by atoms with E-state index in [1.54, 1.807) is 0 Å². The van der Waals surface area contributed by atoms with Crippen LogP contribution in [0.4, 0.5) is 0 Å². The second kappa shape index (κ2) is 4.99. The van der Waals surface area contributed by atoms with E-state index in [1.807, 2.05) is 17.9 Å². The minimum atomic E-state index is 0. The molecule has 0 atom stereocenters. The van der Waals surface area contributed by atoms with Gasteiger partial charge in [-0.25, -0.2) is 0 Å². The average Bonchev–Trinajstić information content (AvgIpc) is 2.49. The van der Waals surface area contributed by atoms with E-state index in [4.69, 9.17) is 0 Å². The van der Waals surface area contributed by atoms with Crippen LogP contribution in [0.3, 0.4) is 0 Å². The highest BCUT2D eigenvalue weighted by molar-refractivity contribution is 5.85. The summed E-state index contributed by atoms with van der Waals surface area (Å²) in [6, 6.07) is 0. The zero-order valence-corrected chi connectivity index (χ0v) is 10.3. The first-order valence-corrected chi connectivity index (χ1v) is 5.36. The molecule has 1 aromatic heterocycles. The number of aromatic nitrogens is 2. The van der Waals surface area contributed by atoms with Crippen molar-refractivity contribution in [2.75, 3.05) is 6.54 Å². The van der Waals surface area contributed by atoms with Crippen molar-refractivity contribution >= 4 is 12.4 Å². The SMILES string of the molecule is Cl.Cn1cc(CNCC2(C)CCC2)cn1. The van der Waals surface area contributed by atoms with Gasteiger partial charge >= 0.3 is 0 Å². The summed E-state index contributed by atoms with van der Waals surface area (Å²) in [5.74, 6) is 0. The Kier molecular flexibility index (Phi) is 4.17. The average molecular weight is 230 g/mol. The van der Waals surface area contributed by atoms with E-state index in [0.29, 0.717) is 5.41 Å². The summed E-state index contributed by atoms with van der Waals surface area (Å²) in [7, 11) is 1.96. The van der Waals surface area contributed by atoms with Crippen molar-refractivity contribution in [3.8, 4) is 0 Å². The molecule has 1 aliphatic carbocycles. The maximum atomic E-state index is 4.14. The van der Waals surface area contributed by atoms with Crippen LogP contribution in [0.1, 0.15) is 31.7 Å². The second-order valence-corrected chi connectivity index (χ2v) is 4.79. The molecule has 0 aromatic carbocycles. The number of aryl methyl sites for hydroxylation is 1. The van der Waals surface area contributed by atoms with Crippen LogP contribution >= 0.6 is 12.4 Å². The molecular weight excluding hydrogens is 210 g/mol. The van der Waals surface area contributed by atoms with E-state index < -0.39 is 0 Å². The Labute approximate surface area is 97.7 Å². The molecule has 1 fully saturated rings. The molecule has 0 saturated heterocycles. The quantitative estimate of drug-likeness (QED) is 0.857. The van der Waals surface area contributed by atoms with Crippen molar-refractivity contribution < 1.29 is 0 Å². The minimum Gasteiger partial charge on any atom is -0.312 e. The monoisotopic (exact) mass is 229 g/mol. The van der Waals surface area contributed by atoms with Gasteiger partial charge in [-0.1, -0.05) is 13.3 Å². The minimum absolute atomic E-state index is 0. The summed E-state index contributed by atoms with van der Waals surface area (Å²) in [5.41, 5.74) is 1.85. The van der Waals surface area contributed by atoms with Gasteiger partial charge in [-0.3, -0.25) is 4.68 Å². The summed E-state index contributed by atoms with van der Waals surface area (Å²) in [6.45, 7) is 4.46. The molecular formula is C11H20ClN3. The number of nitrogens with zero attached hydrogens (tertiary/aromatic N) is 2. The first-order valence-electron chi connectivity index (χ1n) is 5.36. The lowest BCUT2D eigenvalue weighted by atomic mass is 9.70. The summed E-state index contributed by atoms with van der Waals surface area (Å²) >= 11 is 0. The predicted octanol–water partition coefficient (Wildman–Crippen LogP) is 2.12. The van der Waals surface area contributed by atoms with Gasteiger partial charge in [0.2, 0.25) is 0 Å². The molecule has 1 heterocycles. The highest BCUT2D eigenvalue weighted by Crippen LogP contribution is 2.39. The van der Waals surface area contributed by atoms with Crippen molar-refractivity contribution in [2.24, 2.45) is 12.5 Å². The Bertz CT molecular complexity index is 305. The van der Waals surface area contributed by atoms with Gasteiger partial charge < -0.3 is 5.32 Å². The third kappa shape index (κ3) is 3.21. The zero-order chi connectivity index (χ0) is 10.0. The molecule has 1 aromatic rings. The molecule has 0 unspecified atom stereocenters. The number of hydrogen-bond donors (Lipinski definition) is 1. The van der Waals surface area contributed by atoms with Crippen LogP contribution < -0.4 is 5.32 Å². The molecule has 0 aliphatic heterocycles. The number of rotatable bonds is 4. The third-order valence-electron chi connectivity index (χ3n) is 3.20. The highest BCUT2D eigenvalue weighted by atomic mass is 35.5. The summed E-state index contributed by atoms with van der Waals surface area (Å²) in [6.07, 6.45) is 8.16. The number of halogens is 1. The number of nitrogens with one attached hydrogen (secondary N) is 1. The molecule has 0 amide bonds. The Morgan fingerprint density at radius 2 is 2.27 bits per heavy atom. The van der Waals surface area contributed by atoms with Gasteiger partial charge in [0.15, 0.2) is 0 Å². The van der Waals surface area contributed by atoms with Crippen LogP contribution in [0.15, 0.2) is 12.4 Å². The van der Waals surface area contributed by atoms with Gasteiger partial charge in [0.25, 0.3) is 0 Å². The Hall–Kier alpha value is -0.540. The molecule has 3 nitrogen and oxygen atoms in total. The van der Waals surface area contributed by atoms with Crippen LogP contribution in [0.2, 0.25) is 0 Å². The van der Waals surface area contributed by atoms with Gasteiger partial charge in [-0.15, -0.1) is 12.4 Å². The predicted molar refractivity (Wildman–Crippen MR) is 64.1 cm³/mol. The van der Waals surface area contributed by atoms with Crippen LogP contribution in [-0.4, -0.2) is 16.3 Å². The number of hydrogen-bond acceptors (Lipinski definition) is 2. The van der Waals surface area contributed by atoms with E-state index in [1.165, 1.54) is 24.8 Å². The van der Waals surface area contributed by atoms with E-state index in [2.05, 4.69) is 23.5 Å². The van der Waals surface area contributed by atoms with Crippen LogP contribution in [-0.2, 0) is 13.6 Å². The fourth-order valence-electron chi connectivity index (χ4n) is 2.03. The molecule has 4 heteroatoms. The molecule has 2 rings (SSSR count). The van der Waals surface area contributed by atoms with Gasteiger partial charge in [0.1, 0.15) is 0 Å². The van der Waals surface area contributed by atoms with Crippen LogP contribution in [0.5, 0.6) is 0 Å². The van der Waals surface area contributed by atoms with Crippen LogP contribution in [0.25, 0.3) is 0 Å². The lowest BCUT2D eigenvalue weighted by Crippen LogP contribution is -2.36. The first kappa shape index (κ1) is 12.5. The standard InChI is InChI=1S/C11H19N3.ClH/c1-11(4-3-5-11)9-12-6-10-7-13-14(2)8-10;/h7-8,12H,3-6,9H2,1-2H3;1H. The van der Waals surface area contributed by atoms with Gasteiger partial charge in [-0.05, 0) is 18.3 Å². The largest absolute Gasteiger partial charge is 0.312 e. The summed E-state index contributed by atoms with van der Waals surface area (Å²) in [4.78, 5) is 0. The molecule has 1 saturated carbocycles. The molecule has 1 N–H and O–H groups in total. The van der Waals surface area contributed by atoms with Gasteiger partial charge in [0.05, 0.1) is 6.20 Å². The molecule has 1 aliphatic rings. The molecule has 0 spiro atoms. The maximum Gasteiger partial charge on any atom is 0.0534 e. The van der Waals surface area contributed by atoms with Gasteiger partial charge in [0, 0.05) is 31.9 Å². The van der Waals surface area contributed by atoms with E-state index >= 15 is 0 Å². The fraction of sp³-hybridized carbons (Fsp3) is 0.727. The fourth-order valence-corrected chi connectivity index (χ4v) is 2.03. The Morgan fingerprint density at radius 1 is 1.53 bits per heavy atom. The van der Waals surface area contributed by atoms with E-state index in [0.717, 1.165) is 13.1 Å². The topological polar surface area (TPSA) is 29.9 Å². The first-order chi connectivity index (χ1) is 6.68. The lowest BCUT2D eigenvalue weighted by Gasteiger charge is -2.38. The Morgan fingerprint density at radius 3 is 2.73 bits per heavy atom. The third-order valence-corrected chi connectivity index (χ3v) is 3.20. The van der Waals surface area contributed by atoms with E-state index in [9.17, 15) is 0 Å². The van der Waals surface area contributed by atoms with Crippen molar-refractivity contribution in [3.63, 3.8) is 0 Å². The van der Waals surface area contributed by atoms with Crippen LogP contribution in [0, 0.1) is 5.41 Å². The van der Waals surface area contributed by atoms with Crippen molar-refractivity contribution in [1.29, 1.82) is 0 Å². The lowest BCUT2D eigenvalue weighted by molar-refractivity contribution is 0.156. The maximum absolute atomic E-state index is 4.14. The molecule has 0 radical (unpaired) electrons. The Balaban J connectivity index is 0.00000112. The van der Waals surface area contributed by atoms with E-state index in [-0.39, 0.29) is 12.4 Å². The zero-order valence-electron chi connectivity index (χ0n) is 9.49.